The maximum atomic E-state index is 5.48. The lowest BCUT2D eigenvalue weighted by atomic mass is 10.2. The summed E-state index contributed by atoms with van der Waals surface area (Å²) >= 11 is 0. The summed E-state index contributed by atoms with van der Waals surface area (Å²) in [5.41, 5.74) is 12.8. The third-order valence-corrected chi connectivity index (χ3v) is 1.25. The second-order valence-corrected chi connectivity index (χ2v) is 1.99. The Kier molecular flexibility index (Phi) is 1.51. The zero-order valence-electron chi connectivity index (χ0n) is 5.46. The van der Waals surface area contributed by atoms with Crippen LogP contribution in [0.15, 0.2) is 18.2 Å². The van der Waals surface area contributed by atoms with Crippen molar-refractivity contribution in [2.45, 2.75) is 0 Å². The van der Waals surface area contributed by atoms with E-state index >= 15 is 0 Å². The van der Waals surface area contributed by atoms with Crippen LogP contribution in [0.4, 0.5) is 11.4 Å². The molecule has 0 unspecified atom stereocenters. The average Bonchev–Trinajstić information content (AvgIpc) is 1.95. The number of nitrogen functional groups attached to an aromatic ring is 2. The third kappa shape index (κ3) is 1.03. The molecule has 0 bridgehead atoms. The molecule has 1 aromatic carbocycles. The standard InChI is InChI=1S/C8H8N2/c1-2-6-3-4-7(9)8(10)5-6/h1,3-5H,9-10H2. The molecule has 0 aliphatic rings. The SMILES string of the molecule is C#Cc1ccc(N)c(N)c1. The molecule has 2 nitrogen and oxygen atoms in total. The van der Waals surface area contributed by atoms with Gasteiger partial charge < -0.3 is 11.5 Å². The Balaban J connectivity index is 3.20. The van der Waals surface area contributed by atoms with Gasteiger partial charge in [-0.2, -0.15) is 0 Å². The summed E-state index contributed by atoms with van der Waals surface area (Å²) in [6.45, 7) is 0. The van der Waals surface area contributed by atoms with Gasteiger partial charge in [0.2, 0.25) is 0 Å². The van der Waals surface area contributed by atoms with E-state index in [9.17, 15) is 0 Å². The predicted molar refractivity (Wildman–Crippen MR) is 43.2 cm³/mol. The Morgan fingerprint density at radius 1 is 1.20 bits per heavy atom. The molecule has 4 N–H and O–H groups in total. The van der Waals surface area contributed by atoms with Gasteiger partial charge in [0, 0.05) is 5.56 Å². The topological polar surface area (TPSA) is 52.0 Å². The second-order valence-electron chi connectivity index (χ2n) is 1.99. The van der Waals surface area contributed by atoms with E-state index in [1.165, 1.54) is 0 Å². The van der Waals surface area contributed by atoms with Gasteiger partial charge in [0.05, 0.1) is 11.4 Å². The lowest BCUT2D eigenvalue weighted by Crippen LogP contribution is -1.93. The molecule has 0 aliphatic carbocycles. The van der Waals surface area contributed by atoms with Gasteiger partial charge in [-0.25, -0.2) is 0 Å². The number of anilines is 2. The minimum atomic E-state index is 0.537. The highest BCUT2D eigenvalue weighted by atomic mass is 14.7. The molecule has 0 aromatic heterocycles. The molecule has 0 heterocycles. The molecule has 0 amide bonds. The Bertz CT molecular complexity index is 284. The zero-order chi connectivity index (χ0) is 7.56. The predicted octanol–water partition coefficient (Wildman–Crippen LogP) is 0.832. The average molecular weight is 132 g/mol. The van der Waals surface area contributed by atoms with Gasteiger partial charge in [-0.15, -0.1) is 6.42 Å². The van der Waals surface area contributed by atoms with Crippen molar-refractivity contribution in [2.75, 3.05) is 11.5 Å². The number of nitrogens with two attached hydrogens (primary N) is 2. The third-order valence-electron chi connectivity index (χ3n) is 1.25. The van der Waals surface area contributed by atoms with Gasteiger partial charge in [-0.05, 0) is 18.2 Å². The van der Waals surface area contributed by atoms with Gasteiger partial charge in [0.1, 0.15) is 0 Å². The van der Waals surface area contributed by atoms with Crippen LogP contribution in [-0.2, 0) is 0 Å². The van der Waals surface area contributed by atoms with Crippen molar-refractivity contribution in [1.82, 2.24) is 0 Å². The highest BCUT2D eigenvalue weighted by molar-refractivity contribution is 5.65. The van der Waals surface area contributed by atoms with Gasteiger partial charge >= 0.3 is 0 Å². The summed E-state index contributed by atoms with van der Waals surface area (Å²) in [5, 5.41) is 0. The minimum absolute atomic E-state index is 0.537. The molecule has 0 atom stereocenters. The molecule has 0 spiro atoms. The normalized spacial score (nSPS) is 8.70. The first-order valence-electron chi connectivity index (χ1n) is 2.85. The van der Waals surface area contributed by atoms with Gasteiger partial charge in [0.15, 0.2) is 0 Å². The summed E-state index contributed by atoms with van der Waals surface area (Å²) in [7, 11) is 0. The van der Waals surface area contributed by atoms with E-state index in [-0.39, 0.29) is 0 Å². The number of benzene rings is 1. The Labute approximate surface area is 59.8 Å². The molecule has 10 heavy (non-hydrogen) atoms. The van der Waals surface area contributed by atoms with Crippen LogP contribution >= 0.6 is 0 Å². The highest BCUT2D eigenvalue weighted by Crippen LogP contribution is 2.14. The molecule has 0 saturated heterocycles. The van der Waals surface area contributed by atoms with Gasteiger partial charge in [-0.1, -0.05) is 5.92 Å². The van der Waals surface area contributed by atoms with Crippen LogP contribution in [0, 0.1) is 12.3 Å². The smallest absolute Gasteiger partial charge is 0.0560 e. The van der Waals surface area contributed by atoms with Crippen molar-refractivity contribution in [3.05, 3.63) is 23.8 Å². The lowest BCUT2D eigenvalue weighted by molar-refractivity contribution is 1.62. The van der Waals surface area contributed by atoms with Gasteiger partial charge in [-0.3, -0.25) is 0 Å². The molecular formula is C8H8N2. The number of rotatable bonds is 0. The van der Waals surface area contributed by atoms with Crippen molar-refractivity contribution in [1.29, 1.82) is 0 Å². The maximum Gasteiger partial charge on any atom is 0.0560 e. The summed E-state index contributed by atoms with van der Waals surface area (Å²) in [6, 6.07) is 5.13. The quantitative estimate of drug-likeness (QED) is 0.406. The minimum Gasteiger partial charge on any atom is -0.397 e. The summed E-state index contributed by atoms with van der Waals surface area (Å²) in [4.78, 5) is 0. The molecule has 0 aliphatic heterocycles. The molecule has 2 heteroatoms. The summed E-state index contributed by atoms with van der Waals surface area (Å²) < 4.78 is 0. The van der Waals surface area contributed by atoms with Gasteiger partial charge in [0.25, 0.3) is 0 Å². The van der Waals surface area contributed by atoms with E-state index in [0.29, 0.717) is 11.4 Å². The molecular weight excluding hydrogens is 124 g/mol. The van der Waals surface area contributed by atoms with E-state index in [0.717, 1.165) is 5.56 Å². The van der Waals surface area contributed by atoms with Crippen molar-refractivity contribution in [3.8, 4) is 12.3 Å². The van der Waals surface area contributed by atoms with Crippen LogP contribution in [0.2, 0.25) is 0 Å². The molecule has 1 rings (SSSR count). The summed E-state index contributed by atoms with van der Waals surface area (Å²) in [6.07, 6.45) is 5.12. The van der Waals surface area contributed by atoms with Crippen molar-refractivity contribution < 1.29 is 0 Å². The fraction of sp³-hybridized carbons (Fsp3) is 0. The monoisotopic (exact) mass is 132 g/mol. The van der Waals surface area contributed by atoms with Crippen LogP contribution in [0.25, 0.3) is 0 Å². The summed E-state index contributed by atoms with van der Waals surface area (Å²) in [5.74, 6) is 2.46. The second kappa shape index (κ2) is 2.32. The van der Waals surface area contributed by atoms with Crippen LogP contribution < -0.4 is 11.5 Å². The Morgan fingerprint density at radius 2 is 1.90 bits per heavy atom. The first-order valence-corrected chi connectivity index (χ1v) is 2.85. The van der Waals surface area contributed by atoms with E-state index in [2.05, 4.69) is 5.92 Å². The largest absolute Gasteiger partial charge is 0.397 e. The van der Waals surface area contributed by atoms with Crippen LogP contribution in [0.3, 0.4) is 0 Å². The van der Waals surface area contributed by atoms with Crippen LogP contribution in [0.5, 0.6) is 0 Å². The van der Waals surface area contributed by atoms with Crippen molar-refractivity contribution >= 4 is 11.4 Å². The molecule has 0 radical (unpaired) electrons. The first kappa shape index (κ1) is 6.50. The molecule has 0 fully saturated rings. The van der Waals surface area contributed by atoms with E-state index in [1.54, 1.807) is 18.2 Å². The van der Waals surface area contributed by atoms with Crippen LogP contribution in [-0.4, -0.2) is 0 Å². The lowest BCUT2D eigenvalue weighted by Gasteiger charge is -1.98. The number of hydrogen-bond acceptors (Lipinski definition) is 2. The highest BCUT2D eigenvalue weighted by Gasteiger charge is 1.92. The van der Waals surface area contributed by atoms with Crippen molar-refractivity contribution in [2.24, 2.45) is 0 Å². The van der Waals surface area contributed by atoms with E-state index in [4.69, 9.17) is 17.9 Å². The first-order chi connectivity index (χ1) is 4.74. The molecule has 0 saturated carbocycles. The van der Waals surface area contributed by atoms with Crippen molar-refractivity contribution in [3.63, 3.8) is 0 Å². The molecule has 1 aromatic rings. The van der Waals surface area contributed by atoms with E-state index < -0.39 is 0 Å². The molecule has 50 valence electrons. The fourth-order valence-corrected chi connectivity index (χ4v) is 0.665. The van der Waals surface area contributed by atoms with Crippen LogP contribution in [0.1, 0.15) is 5.56 Å². The fourth-order valence-electron chi connectivity index (χ4n) is 0.665. The number of terminal acetylenes is 1. The van der Waals surface area contributed by atoms with E-state index in [1.807, 2.05) is 0 Å². The number of hydrogen-bond donors (Lipinski definition) is 2. The maximum absolute atomic E-state index is 5.48. The Morgan fingerprint density at radius 3 is 2.40 bits per heavy atom. The Hall–Kier alpha value is -1.62. The zero-order valence-corrected chi connectivity index (χ0v) is 5.46.